The summed E-state index contributed by atoms with van der Waals surface area (Å²) in [5.74, 6) is -0.641. The Kier molecular flexibility index (Phi) is 7.61. The predicted octanol–water partition coefficient (Wildman–Crippen LogP) is 3.64. The molecule has 2 atom stereocenters. The van der Waals surface area contributed by atoms with Crippen LogP contribution in [0.5, 0.6) is 0 Å². The molecule has 5 nitrogen and oxygen atoms in total. The Balaban J connectivity index is 2.95. The molecular weight excluding hydrogens is 332 g/mol. The van der Waals surface area contributed by atoms with Gasteiger partial charge in [0.25, 0.3) is 0 Å². The number of rotatable bonds is 5. The maximum absolute atomic E-state index is 11.2. The van der Waals surface area contributed by atoms with Gasteiger partial charge in [0, 0.05) is 25.8 Å². The van der Waals surface area contributed by atoms with E-state index in [4.69, 9.17) is 9.47 Å². The first-order valence-corrected chi connectivity index (χ1v) is 8.78. The number of hydrogen-bond acceptors (Lipinski definition) is 5. The molecule has 0 bridgehead atoms. The number of ether oxygens (including phenoxy) is 2. The monoisotopic (exact) mass is 362 g/mol. The minimum Gasteiger partial charge on any atom is -0.462 e. The summed E-state index contributed by atoms with van der Waals surface area (Å²) in [7, 11) is 0. The van der Waals surface area contributed by atoms with Gasteiger partial charge < -0.3 is 14.6 Å². The highest BCUT2D eigenvalue weighted by atomic mass is 16.5. The average Bonchev–Trinajstić information content (AvgIpc) is 2.43. The van der Waals surface area contributed by atoms with Crippen molar-refractivity contribution in [2.75, 3.05) is 6.61 Å². The molecule has 1 aliphatic carbocycles. The van der Waals surface area contributed by atoms with E-state index in [9.17, 15) is 14.7 Å². The Morgan fingerprint density at radius 1 is 1.19 bits per heavy atom. The molecule has 1 fully saturated rings. The molecule has 144 valence electrons. The van der Waals surface area contributed by atoms with Crippen LogP contribution in [-0.2, 0) is 19.1 Å². The summed E-state index contributed by atoms with van der Waals surface area (Å²) in [5, 5.41) is 10.9. The average molecular weight is 362 g/mol. The van der Waals surface area contributed by atoms with Gasteiger partial charge in [-0.3, -0.25) is 9.59 Å². The lowest BCUT2D eigenvalue weighted by atomic mass is 9.65. The maximum Gasteiger partial charge on any atom is 0.302 e. The van der Waals surface area contributed by atoms with Crippen LogP contribution < -0.4 is 0 Å². The van der Waals surface area contributed by atoms with E-state index in [1.54, 1.807) is 13.0 Å². The summed E-state index contributed by atoms with van der Waals surface area (Å²) in [6.07, 6.45) is 7.96. The molecule has 0 saturated heterocycles. The molecule has 26 heavy (non-hydrogen) atoms. The van der Waals surface area contributed by atoms with E-state index in [2.05, 4.69) is 5.73 Å². The molecule has 1 rings (SSSR count). The zero-order valence-electron chi connectivity index (χ0n) is 16.6. The van der Waals surface area contributed by atoms with Crippen molar-refractivity contribution in [2.24, 2.45) is 5.41 Å². The second-order valence-electron chi connectivity index (χ2n) is 7.60. The summed E-state index contributed by atoms with van der Waals surface area (Å²) in [6, 6.07) is 0. The molecule has 0 aliphatic heterocycles. The fourth-order valence-corrected chi connectivity index (χ4v) is 3.36. The van der Waals surface area contributed by atoms with Crippen LogP contribution in [-0.4, -0.2) is 35.4 Å². The van der Waals surface area contributed by atoms with E-state index in [0.717, 1.165) is 11.1 Å². The summed E-state index contributed by atoms with van der Waals surface area (Å²) < 4.78 is 10.1. The van der Waals surface area contributed by atoms with Crippen LogP contribution in [0.4, 0.5) is 0 Å². The molecule has 0 aromatic carbocycles. The highest BCUT2D eigenvalue weighted by molar-refractivity contribution is 5.66. The van der Waals surface area contributed by atoms with Crippen molar-refractivity contribution in [1.82, 2.24) is 0 Å². The molecule has 0 radical (unpaired) electrons. The first-order chi connectivity index (χ1) is 11.9. The van der Waals surface area contributed by atoms with Crippen molar-refractivity contribution in [2.45, 2.75) is 66.1 Å². The van der Waals surface area contributed by atoms with Gasteiger partial charge in [0.05, 0.1) is 5.60 Å². The second kappa shape index (κ2) is 9.02. The number of esters is 2. The number of hydrogen-bond donors (Lipinski definition) is 1. The molecule has 0 heterocycles. The molecule has 1 N–H and O–H groups in total. The molecule has 0 aromatic heterocycles. The van der Waals surface area contributed by atoms with Gasteiger partial charge >= 0.3 is 11.9 Å². The lowest BCUT2D eigenvalue weighted by Gasteiger charge is -2.44. The molecule has 5 heteroatoms. The van der Waals surface area contributed by atoms with E-state index in [0.29, 0.717) is 12.8 Å². The van der Waals surface area contributed by atoms with Crippen molar-refractivity contribution < 1.29 is 24.2 Å². The fraction of sp³-hybridized carbons (Fsp3) is 0.571. The molecule has 0 spiro atoms. The van der Waals surface area contributed by atoms with E-state index in [1.807, 2.05) is 39.0 Å². The number of carbonyl (C=O) groups is 2. The Labute approximate surface area is 156 Å². The van der Waals surface area contributed by atoms with Crippen molar-refractivity contribution >= 4 is 11.9 Å². The SMILES string of the molecule is CC(=O)OC/C=C/C=C(/C)C=C=C1C(C)(C)C[C@H](OC(C)=O)C[C@@]1(C)O. The number of aliphatic hydroxyl groups is 1. The summed E-state index contributed by atoms with van der Waals surface area (Å²) >= 11 is 0. The van der Waals surface area contributed by atoms with Gasteiger partial charge in [-0.1, -0.05) is 26.0 Å². The number of allylic oxidation sites excluding steroid dienone is 3. The van der Waals surface area contributed by atoms with Crippen LogP contribution in [0.1, 0.15) is 54.4 Å². The van der Waals surface area contributed by atoms with Gasteiger partial charge in [-0.25, -0.2) is 0 Å². The van der Waals surface area contributed by atoms with Crippen molar-refractivity contribution in [3.05, 3.63) is 41.2 Å². The van der Waals surface area contributed by atoms with Crippen LogP contribution in [0.15, 0.2) is 41.2 Å². The highest BCUT2D eigenvalue weighted by Gasteiger charge is 2.46. The van der Waals surface area contributed by atoms with Crippen LogP contribution >= 0.6 is 0 Å². The van der Waals surface area contributed by atoms with Gasteiger partial charge in [-0.2, -0.15) is 0 Å². The smallest absolute Gasteiger partial charge is 0.302 e. The number of carbonyl (C=O) groups excluding carboxylic acids is 2. The maximum atomic E-state index is 11.2. The van der Waals surface area contributed by atoms with Gasteiger partial charge in [0.1, 0.15) is 12.7 Å². The predicted molar refractivity (Wildman–Crippen MR) is 100 cm³/mol. The molecule has 0 unspecified atom stereocenters. The quantitative estimate of drug-likeness (QED) is 0.459. The van der Waals surface area contributed by atoms with E-state index in [-0.39, 0.29) is 30.1 Å². The summed E-state index contributed by atoms with van der Waals surface area (Å²) in [4.78, 5) is 21.9. The Morgan fingerprint density at radius 2 is 1.85 bits per heavy atom. The molecule has 0 amide bonds. The van der Waals surface area contributed by atoms with Crippen LogP contribution in [0.3, 0.4) is 0 Å². The topological polar surface area (TPSA) is 72.8 Å². The molecule has 1 aliphatic rings. The third kappa shape index (κ3) is 7.03. The lowest BCUT2D eigenvalue weighted by Crippen LogP contribution is -2.46. The zero-order chi connectivity index (χ0) is 20.0. The second-order valence-corrected chi connectivity index (χ2v) is 7.60. The van der Waals surface area contributed by atoms with Crippen molar-refractivity contribution in [3.63, 3.8) is 0 Å². The van der Waals surface area contributed by atoms with E-state index in [1.165, 1.54) is 13.8 Å². The van der Waals surface area contributed by atoms with Gasteiger partial charge in [-0.05, 0) is 43.4 Å². The Hall–Kier alpha value is -2.10. The lowest BCUT2D eigenvalue weighted by molar-refractivity contribution is -0.152. The standard InChI is InChI=1S/C21H30O5/c1-15(9-7-8-12-25-16(2)22)10-11-19-20(4,5)13-18(26-17(3)23)14-21(19,6)24/h7-10,18,24H,12-14H2,1-6H3/b8-7+,15-9-/t11?,18-,21+/m0/s1. The highest BCUT2D eigenvalue weighted by Crippen LogP contribution is 2.46. The fourth-order valence-electron chi connectivity index (χ4n) is 3.36. The minimum absolute atomic E-state index is 0.239. The Bertz CT molecular complexity index is 638. The normalized spacial score (nSPS) is 25.6. The third-order valence-electron chi connectivity index (χ3n) is 4.23. The molecular formula is C21H30O5. The van der Waals surface area contributed by atoms with Gasteiger partial charge in [0.15, 0.2) is 0 Å². The van der Waals surface area contributed by atoms with Gasteiger partial charge in [-0.15, -0.1) is 5.73 Å². The van der Waals surface area contributed by atoms with E-state index >= 15 is 0 Å². The third-order valence-corrected chi connectivity index (χ3v) is 4.23. The Morgan fingerprint density at radius 3 is 2.38 bits per heavy atom. The first-order valence-electron chi connectivity index (χ1n) is 8.78. The van der Waals surface area contributed by atoms with Crippen LogP contribution in [0.2, 0.25) is 0 Å². The van der Waals surface area contributed by atoms with E-state index < -0.39 is 5.60 Å². The zero-order valence-corrected chi connectivity index (χ0v) is 16.6. The minimum atomic E-state index is -1.09. The summed E-state index contributed by atoms with van der Waals surface area (Å²) in [6.45, 7) is 10.7. The molecule has 1 saturated carbocycles. The largest absolute Gasteiger partial charge is 0.462 e. The van der Waals surface area contributed by atoms with Crippen molar-refractivity contribution in [3.8, 4) is 0 Å². The van der Waals surface area contributed by atoms with Crippen molar-refractivity contribution in [1.29, 1.82) is 0 Å². The first kappa shape index (κ1) is 21.9. The molecule has 0 aromatic rings. The summed E-state index contributed by atoms with van der Waals surface area (Å²) in [5.41, 5.74) is 3.56. The van der Waals surface area contributed by atoms with Crippen LogP contribution in [0, 0.1) is 5.41 Å². The van der Waals surface area contributed by atoms with Crippen LogP contribution in [0.25, 0.3) is 0 Å². The van der Waals surface area contributed by atoms with Gasteiger partial charge in [0.2, 0.25) is 0 Å².